The van der Waals surface area contributed by atoms with Crippen molar-refractivity contribution in [2.24, 2.45) is 0 Å². The summed E-state index contributed by atoms with van der Waals surface area (Å²) in [7, 11) is 0. The third-order valence-corrected chi connectivity index (χ3v) is 5.19. The summed E-state index contributed by atoms with van der Waals surface area (Å²) >= 11 is 11.5. The molecule has 8 heteroatoms. The van der Waals surface area contributed by atoms with E-state index in [1.165, 1.54) is 4.90 Å². The van der Waals surface area contributed by atoms with Crippen LogP contribution in [0.5, 0.6) is 5.75 Å². The van der Waals surface area contributed by atoms with Gasteiger partial charge in [-0.1, -0.05) is 23.7 Å². The zero-order valence-corrected chi connectivity index (χ0v) is 18.1. The van der Waals surface area contributed by atoms with Gasteiger partial charge < -0.3 is 15.0 Å². The van der Waals surface area contributed by atoms with Gasteiger partial charge in [-0.25, -0.2) is 0 Å². The summed E-state index contributed by atoms with van der Waals surface area (Å²) in [5.41, 5.74) is 1.19. The number of hydrogen-bond donors (Lipinski definition) is 1. The van der Waals surface area contributed by atoms with Crippen LogP contribution in [-0.4, -0.2) is 41.0 Å². The van der Waals surface area contributed by atoms with E-state index in [1.54, 1.807) is 59.5 Å². The third-order valence-electron chi connectivity index (χ3n) is 4.54. The highest BCUT2D eigenvalue weighted by atomic mass is 35.5. The Bertz CT molecular complexity index is 964. The van der Waals surface area contributed by atoms with E-state index in [4.69, 9.17) is 28.6 Å². The fourth-order valence-corrected chi connectivity index (χ4v) is 3.82. The lowest BCUT2D eigenvalue weighted by Gasteiger charge is -2.22. The van der Waals surface area contributed by atoms with E-state index in [2.05, 4.69) is 11.9 Å². The van der Waals surface area contributed by atoms with Crippen LogP contribution in [0.25, 0.3) is 0 Å². The standard InChI is InChI=1S/C22H22ClN3O3S/c1-3-12-25-19(14-20(27)24-16-7-5-6-15(23)13-16)21(28)26(22(25)30)17-8-10-18(11-9-17)29-4-2/h3,5-11,13,19H,1,4,12,14H2,2H3,(H,24,27)/t19-/m0/s1. The number of thiocarbonyl (C=S) groups is 1. The van der Waals surface area contributed by atoms with Crippen molar-refractivity contribution in [3.05, 3.63) is 66.2 Å². The fourth-order valence-electron chi connectivity index (χ4n) is 3.23. The Morgan fingerprint density at radius 2 is 2.03 bits per heavy atom. The van der Waals surface area contributed by atoms with Gasteiger partial charge in [-0.2, -0.15) is 0 Å². The molecular formula is C22H22ClN3O3S. The average molecular weight is 444 g/mol. The highest BCUT2D eigenvalue weighted by Crippen LogP contribution is 2.29. The molecule has 1 aliphatic rings. The van der Waals surface area contributed by atoms with Gasteiger partial charge in [0.1, 0.15) is 11.8 Å². The molecule has 0 spiro atoms. The van der Waals surface area contributed by atoms with E-state index in [0.29, 0.717) is 40.4 Å². The lowest BCUT2D eigenvalue weighted by atomic mass is 10.1. The van der Waals surface area contributed by atoms with Gasteiger partial charge in [-0.05, 0) is 61.6 Å². The first-order chi connectivity index (χ1) is 14.4. The van der Waals surface area contributed by atoms with Crippen LogP contribution in [0, 0.1) is 0 Å². The van der Waals surface area contributed by atoms with Crippen molar-refractivity contribution in [3.63, 3.8) is 0 Å². The maximum atomic E-state index is 13.2. The number of anilines is 2. The van der Waals surface area contributed by atoms with Gasteiger partial charge in [-0.15, -0.1) is 6.58 Å². The molecule has 1 saturated heterocycles. The summed E-state index contributed by atoms with van der Waals surface area (Å²) in [6.45, 7) is 6.55. The Labute approximate surface area is 186 Å². The molecule has 1 aliphatic heterocycles. The van der Waals surface area contributed by atoms with Crippen LogP contribution in [0.1, 0.15) is 13.3 Å². The normalized spacial score (nSPS) is 16.0. The van der Waals surface area contributed by atoms with Crippen LogP contribution in [0.15, 0.2) is 61.2 Å². The van der Waals surface area contributed by atoms with Crippen LogP contribution >= 0.6 is 23.8 Å². The molecule has 2 aromatic rings. The van der Waals surface area contributed by atoms with Crippen LogP contribution in [0.2, 0.25) is 5.02 Å². The average Bonchev–Trinajstić information content (AvgIpc) is 2.93. The highest BCUT2D eigenvalue weighted by molar-refractivity contribution is 7.80. The summed E-state index contributed by atoms with van der Waals surface area (Å²) in [4.78, 5) is 28.9. The summed E-state index contributed by atoms with van der Waals surface area (Å²) in [5.74, 6) is 0.146. The number of amides is 2. The van der Waals surface area contributed by atoms with Crippen LogP contribution < -0.4 is 15.0 Å². The number of nitrogens with zero attached hydrogens (tertiary/aromatic N) is 2. The maximum Gasteiger partial charge on any atom is 0.256 e. The van der Waals surface area contributed by atoms with E-state index in [0.717, 1.165) is 0 Å². The maximum absolute atomic E-state index is 13.2. The SMILES string of the molecule is C=CCN1C(=S)N(c2ccc(OCC)cc2)C(=O)[C@@H]1CC(=O)Nc1cccc(Cl)c1. The van der Waals surface area contributed by atoms with Crippen molar-refractivity contribution in [1.82, 2.24) is 4.90 Å². The minimum atomic E-state index is -0.721. The molecule has 0 aromatic heterocycles. The van der Waals surface area contributed by atoms with E-state index in [1.807, 2.05) is 6.92 Å². The van der Waals surface area contributed by atoms with Crippen molar-refractivity contribution in [1.29, 1.82) is 0 Å². The molecule has 30 heavy (non-hydrogen) atoms. The van der Waals surface area contributed by atoms with Crippen LogP contribution in [-0.2, 0) is 9.59 Å². The molecule has 0 radical (unpaired) electrons. The molecule has 6 nitrogen and oxygen atoms in total. The van der Waals surface area contributed by atoms with Gasteiger partial charge in [-0.3, -0.25) is 14.5 Å². The number of nitrogens with one attached hydrogen (secondary N) is 1. The fraction of sp³-hybridized carbons (Fsp3) is 0.227. The Kier molecular flexibility index (Phi) is 7.07. The number of carbonyl (C=O) groups excluding carboxylic acids is 2. The molecule has 0 unspecified atom stereocenters. The first kappa shape index (κ1) is 21.8. The van der Waals surface area contributed by atoms with E-state index >= 15 is 0 Å². The van der Waals surface area contributed by atoms with E-state index in [9.17, 15) is 9.59 Å². The molecule has 1 atom stereocenters. The molecule has 0 bridgehead atoms. The van der Waals surface area contributed by atoms with Crippen molar-refractivity contribution in [2.45, 2.75) is 19.4 Å². The van der Waals surface area contributed by atoms with E-state index < -0.39 is 6.04 Å². The largest absolute Gasteiger partial charge is 0.494 e. The van der Waals surface area contributed by atoms with Gasteiger partial charge in [0, 0.05) is 17.3 Å². The van der Waals surface area contributed by atoms with Crippen molar-refractivity contribution in [2.75, 3.05) is 23.4 Å². The number of ether oxygens (including phenoxy) is 1. The first-order valence-electron chi connectivity index (χ1n) is 9.48. The summed E-state index contributed by atoms with van der Waals surface area (Å²) in [6.07, 6.45) is 1.61. The van der Waals surface area contributed by atoms with Gasteiger partial charge in [0.15, 0.2) is 5.11 Å². The quantitative estimate of drug-likeness (QED) is 0.488. The number of rotatable bonds is 8. The molecule has 3 rings (SSSR count). The van der Waals surface area contributed by atoms with Gasteiger partial charge in [0.05, 0.1) is 18.7 Å². The Balaban J connectivity index is 1.79. The lowest BCUT2D eigenvalue weighted by Crippen LogP contribution is -2.37. The van der Waals surface area contributed by atoms with Crippen molar-refractivity contribution < 1.29 is 14.3 Å². The second-order valence-electron chi connectivity index (χ2n) is 6.60. The Hall–Kier alpha value is -2.90. The molecule has 1 fully saturated rings. The molecule has 0 saturated carbocycles. The van der Waals surface area contributed by atoms with Crippen molar-refractivity contribution in [3.8, 4) is 5.75 Å². The Morgan fingerprint density at radius 3 is 2.67 bits per heavy atom. The molecule has 1 N–H and O–H groups in total. The zero-order valence-electron chi connectivity index (χ0n) is 16.5. The zero-order chi connectivity index (χ0) is 21.7. The second kappa shape index (κ2) is 9.73. The number of carbonyl (C=O) groups is 2. The van der Waals surface area contributed by atoms with Crippen molar-refractivity contribution >= 4 is 52.1 Å². The summed E-state index contributed by atoms with van der Waals surface area (Å²) in [5, 5.41) is 3.63. The Morgan fingerprint density at radius 1 is 1.30 bits per heavy atom. The smallest absolute Gasteiger partial charge is 0.256 e. The molecule has 156 valence electrons. The summed E-state index contributed by atoms with van der Waals surface area (Å²) in [6, 6.07) is 13.2. The first-order valence-corrected chi connectivity index (χ1v) is 10.3. The molecule has 0 aliphatic carbocycles. The number of hydrogen-bond acceptors (Lipinski definition) is 4. The van der Waals surface area contributed by atoms with Gasteiger partial charge in [0.25, 0.3) is 5.91 Å². The predicted molar refractivity (Wildman–Crippen MR) is 123 cm³/mol. The summed E-state index contributed by atoms with van der Waals surface area (Å²) < 4.78 is 5.45. The highest BCUT2D eigenvalue weighted by Gasteiger charge is 2.43. The van der Waals surface area contributed by atoms with Gasteiger partial charge in [0.2, 0.25) is 5.91 Å². The van der Waals surface area contributed by atoms with Crippen LogP contribution in [0.4, 0.5) is 11.4 Å². The monoisotopic (exact) mass is 443 g/mol. The molecular weight excluding hydrogens is 422 g/mol. The lowest BCUT2D eigenvalue weighted by molar-refractivity contribution is -0.124. The predicted octanol–water partition coefficient (Wildman–Crippen LogP) is 4.26. The minimum Gasteiger partial charge on any atom is -0.494 e. The van der Waals surface area contributed by atoms with Gasteiger partial charge >= 0.3 is 0 Å². The molecule has 2 amide bonds. The third kappa shape index (κ3) is 4.80. The van der Waals surface area contributed by atoms with E-state index in [-0.39, 0.29) is 18.2 Å². The second-order valence-corrected chi connectivity index (χ2v) is 7.40. The topological polar surface area (TPSA) is 61.9 Å². The van der Waals surface area contributed by atoms with Crippen LogP contribution in [0.3, 0.4) is 0 Å². The molecule has 1 heterocycles. The minimum absolute atomic E-state index is 0.0488. The molecule has 2 aromatic carbocycles. The number of halogens is 1. The number of benzene rings is 2.